The summed E-state index contributed by atoms with van der Waals surface area (Å²) in [5, 5.41) is 0. The van der Waals surface area contributed by atoms with Crippen molar-refractivity contribution in [3.8, 4) is 0 Å². The number of aromatic amines is 1. The zero-order valence-electron chi connectivity index (χ0n) is 6.99. The Bertz CT molecular complexity index is 216. The van der Waals surface area contributed by atoms with Crippen LogP contribution in [0.2, 0.25) is 0 Å². The third-order valence-electron chi connectivity index (χ3n) is 2.05. The second kappa shape index (κ2) is 3.96. The van der Waals surface area contributed by atoms with Gasteiger partial charge < -0.3 is 4.98 Å². The van der Waals surface area contributed by atoms with E-state index in [2.05, 4.69) is 14.9 Å². The van der Waals surface area contributed by atoms with E-state index in [1.54, 1.807) is 6.33 Å². The summed E-state index contributed by atoms with van der Waals surface area (Å²) in [4.78, 5) is 9.59. The van der Waals surface area contributed by atoms with Gasteiger partial charge in [0.2, 0.25) is 0 Å². The maximum Gasteiger partial charge on any atom is 0.0922 e. The van der Waals surface area contributed by atoms with Crippen LogP contribution in [0.3, 0.4) is 0 Å². The molecule has 1 fully saturated rings. The monoisotopic (exact) mass is 183 g/mol. The molecule has 0 radical (unpaired) electrons. The summed E-state index contributed by atoms with van der Waals surface area (Å²) in [6.07, 6.45) is 3.65. The maximum absolute atomic E-state index is 4.00. The predicted molar refractivity (Wildman–Crippen MR) is 51.2 cm³/mol. The number of hydrogen-bond acceptors (Lipinski definition) is 3. The third-order valence-corrected chi connectivity index (χ3v) is 3.00. The first-order valence-electron chi connectivity index (χ1n) is 4.22. The van der Waals surface area contributed by atoms with Crippen LogP contribution in [0.25, 0.3) is 0 Å². The van der Waals surface area contributed by atoms with Crippen molar-refractivity contribution in [3.63, 3.8) is 0 Å². The summed E-state index contributed by atoms with van der Waals surface area (Å²) in [5.74, 6) is 2.54. The minimum Gasteiger partial charge on any atom is -0.347 e. The molecule has 0 atom stereocenters. The molecular weight excluding hydrogens is 170 g/mol. The normalized spacial score (nSPS) is 19.7. The first-order chi connectivity index (χ1) is 5.95. The van der Waals surface area contributed by atoms with Crippen LogP contribution >= 0.6 is 11.8 Å². The molecule has 0 spiro atoms. The van der Waals surface area contributed by atoms with Gasteiger partial charge in [0, 0.05) is 43.0 Å². The smallest absolute Gasteiger partial charge is 0.0922 e. The Balaban J connectivity index is 1.86. The standard InChI is InChI=1S/C8H13N3S/c1-3-12-4-2-11(1)6-8-5-9-7-10-8/h5,7H,1-4,6H2,(H,9,10). The van der Waals surface area contributed by atoms with Gasteiger partial charge in [0.25, 0.3) is 0 Å². The second-order valence-corrected chi connectivity index (χ2v) is 4.19. The fraction of sp³-hybridized carbons (Fsp3) is 0.625. The topological polar surface area (TPSA) is 31.9 Å². The molecule has 1 aliphatic rings. The number of imidazole rings is 1. The molecule has 0 saturated carbocycles. The van der Waals surface area contributed by atoms with Crippen LogP contribution in [-0.4, -0.2) is 39.5 Å². The molecule has 4 heteroatoms. The molecule has 1 N–H and O–H groups in total. The molecule has 0 unspecified atom stereocenters. The zero-order chi connectivity index (χ0) is 8.23. The number of aromatic nitrogens is 2. The molecule has 1 aliphatic heterocycles. The Morgan fingerprint density at radius 3 is 3.00 bits per heavy atom. The van der Waals surface area contributed by atoms with Crippen LogP contribution in [0, 0.1) is 0 Å². The van der Waals surface area contributed by atoms with Crippen LogP contribution in [0.4, 0.5) is 0 Å². The van der Waals surface area contributed by atoms with Crippen LogP contribution in [0.15, 0.2) is 12.5 Å². The van der Waals surface area contributed by atoms with Gasteiger partial charge in [0.1, 0.15) is 0 Å². The zero-order valence-corrected chi connectivity index (χ0v) is 7.81. The highest BCUT2D eigenvalue weighted by molar-refractivity contribution is 7.99. The molecule has 12 heavy (non-hydrogen) atoms. The van der Waals surface area contributed by atoms with E-state index in [-0.39, 0.29) is 0 Å². The Hall–Kier alpha value is -0.480. The van der Waals surface area contributed by atoms with Gasteiger partial charge in [-0.15, -0.1) is 0 Å². The molecule has 0 aromatic carbocycles. The first-order valence-corrected chi connectivity index (χ1v) is 5.38. The van der Waals surface area contributed by atoms with Crippen LogP contribution in [0.5, 0.6) is 0 Å². The number of nitrogens with zero attached hydrogens (tertiary/aromatic N) is 2. The van der Waals surface area contributed by atoms with Crippen molar-refractivity contribution in [1.29, 1.82) is 0 Å². The van der Waals surface area contributed by atoms with Crippen molar-refractivity contribution in [2.75, 3.05) is 24.6 Å². The molecule has 1 aromatic heterocycles. The Labute approximate surface area is 76.6 Å². The molecule has 3 nitrogen and oxygen atoms in total. The molecule has 66 valence electrons. The molecule has 0 amide bonds. The molecule has 1 saturated heterocycles. The largest absolute Gasteiger partial charge is 0.347 e. The van der Waals surface area contributed by atoms with Gasteiger partial charge in [0.15, 0.2) is 0 Å². The Morgan fingerprint density at radius 1 is 1.50 bits per heavy atom. The average molecular weight is 183 g/mol. The fourth-order valence-electron chi connectivity index (χ4n) is 1.37. The third kappa shape index (κ3) is 2.01. The van der Waals surface area contributed by atoms with Gasteiger partial charge in [-0.3, -0.25) is 4.90 Å². The average Bonchev–Trinajstić information content (AvgIpc) is 2.59. The first kappa shape index (κ1) is 8.13. The molecular formula is C8H13N3S. The van der Waals surface area contributed by atoms with Crippen LogP contribution < -0.4 is 0 Å². The maximum atomic E-state index is 4.00. The summed E-state index contributed by atoms with van der Waals surface area (Å²) in [7, 11) is 0. The quantitative estimate of drug-likeness (QED) is 0.741. The van der Waals surface area contributed by atoms with Gasteiger partial charge >= 0.3 is 0 Å². The van der Waals surface area contributed by atoms with Crippen molar-refractivity contribution >= 4 is 11.8 Å². The van der Waals surface area contributed by atoms with E-state index in [1.165, 1.54) is 30.3 Å². The minimum atomic E-state index is 1.03. The number of nitrogens with one attached hydrogen (secondary N) is 1. The Morgan fingerprint density at radius 2 is 2.33 bits per heavy atom. The highest BCUT2D eigenvalue weighted by Crippen LogP contribution is 2.11. The molecule has 0 bridgehead atoms. The number of rotatable bonds is 2. The Kier molecular flexibility index (Phi) is 2.68. The van der Waals surface area contributed by atoms with Crippen molar-refractivity contribution in [1.82, 2.24) is 14.9 Å². The van der Waals surface area contributed by atoms with E-state index in [0.29, 0.717) is 0 Å². The molecule has 1 aromatic rings. The van der Waals surface area contributed by atoms with E-state index in [0.717, 1.165) is 6.54 Å². The van der Waals surface area contributed by atoms with Crippen molar-refractivity contribution in [2.45, 2.75) is 6.54 Å². The van der Waals surface area contributed by atoms with Gasteiger partial charge in [-0.25, -0.2) is 4.98 Å². The predicted octanol–water partition coefficient (Wildman–Crippen LogP) is 0.958. The SMILES string of the molecule is c1ncc(CN2CCSCC2)[nH]1. The lowest BCUT2D eigenvalue weighted by molar-refractivity contribution is 0.291. The summed E-state index contributed by atoms with van der Waals surface area (Å²) in [5.41, 5.74) is 1.22. The molecule has 2 rings (SSSR count). The number of hydrogen-bond donors (Lipinski definition) is 1. The van der Waals surface area contributed by atoms with Gasteiger partial charge in [-0.2, -0.15) is 11.8 Å². The molecule has 0 aliphatic carbocycles. The summed E-state index contributed by atoms with van der Waals surface area (Å²) < 4.78 is 0. The van der Waals surface area contributed by atoms with Crippen LogP contribution in [-0.2, 0) is 6.54 Å². The number of H-pyrrole nitrogens is 1. The van der Waals surface area contributed by atoms with Crippen molar-refractivity contribution in [3.05, 3.63) is 18.2 Å². The van der Waals surface area contributed by atoms with Gasteiger partial charge in [0.05, 0.1) is 6.33 Å². The highest BCUT2D eigenvalue weighted by Gasteiger charge is 2.10. The van der Waals surface area contributed by atoms with Crippen molar-refractivity contribution < 1.29 is 0 Å². The minimum absolute atomic E-state index is 1.03. The molecule has 2 heterocycles. The van der Waals surface area contributed by atoms with Gasteiger partial charge in [-0.1, -0.05) is 0 Å². The second-order valence-electron chi connectivity index (χ2n) is 2.97. The van der Waals surface area contributed by atoms with E-state index in [4.69, 9.17) is 0 Å². The number of thioether (sulfide) groups is 1. The van der Waals surface area contributed by atoms with E-state index < -0.39 is 0 Å². The summed E-state index contributed by atoms with van der Waals surface area (Å²) in [6.45, 7) is 3.45. The highest BCUT2D eigenvalue weighted by atomic mass is 32.2. The van der Waals surface area contributed by atoms with Gasteiger partial charge in [-0.05, 0) is 0 Å². The van der Waals surface area contributed by atoms with E-state index in [1.807, 2.05) is 18.0 Å². The fourth-order valence-corrected chi connectivity index (χ4v) is 2.35. The van der Waals surface area contributed by atoms with E-state index in [9.17, 15) is 0 Å². The van der Waals surface area contributed by atoms with Crippen LogP contribution in [0.1, 0.15) is 5.69 Å². The summed E-state index contributed by atoms with van der Waals surface area (Å²) >= 11 is 2.04. The lowest BCUT2D eigenvalue weighted by atomic mass is 10.4. The lowest BCUT2D eigenvalue weighted by Gasteiger charge is -2.25. The lowest BCUT2D eigenvalue weighted by Crippen LogP contribution is -2.32. The van der Waals surface area contributed by atoms with Crippen molar-refractivity contribution in [2.24, 2.45) is 0 Å². The van der Waals surface area contributed by atoms with E-state index >= 15 is 0 Å². The summed E-state index contributed by atoms with van der Waals surface area (Å²) in [6, 6.07) is 0.